The minimum Gasteiger partial charge on any atom is -0.479 e. The first-order valence-electron chi connectivity index (χ1n) is 5.06. The molecule has 0 unspecified atom stereocenters. The molecule has 0 saturated carbocycles. The van der Waals surface area contributed by atoms with Gasteiger partial charge in [-0.15, -0.1) is 0 Å². The number of halogens is 1. The molecule has 0 aromatic carbocycles. The Labute approximate surface area is 91.9 Å². The maximum atomic E-state index is 13.7. The average Bonchev–Trinajstić information content (AvgIpc) is 2.31. The molecule has 1 N–H and O–H groups in total. The number of carbonyl (C=O) groups is 1. The number of carboxylic acid groups (broad SMARTS) is 1. The van der Waals surface area contributed by atoms with E-state index in [1.54, 1.807) is 23.4 Å². The van der Waals surface area contributed by atoms with Crippen LogP contribution in [0, 0.1) is 0 Å². The van der Waals surface area contributed by atoms with Gasteiger partial charge in [0.2, 0.25) is 11.6 Å². The zero-order chi connectivity index (χ0) is 11.6. The second kappa shape index (κ2) is 4.03. The van der Waals surface area contributed by atoms with Gasteiger partial charge in [0.05, 0.1) is 0 Å². The number of aromatic nitrogens is 2. The van der Waals surface area contributed by atoms with Gasteiger partial charge in [-0.25, -0.2) is 19.2 Å². The van der Waals surface area contributed by atoms with E-state index >= 15 is 0 Å². The lowest BCUT2D eigenvalue weighted by molar-refractivity contribution is -0.152. The molecular formula is C10H12FN3O2. The normalized spacial score (nSPS) is 19.4. The van der Waals surface area contributed by atoms with Crippen LogP contribution in [0.3, 0.4) is 0 Å². The Morgan fingerprint density at radius 3 is 2.44 bits per heavy atom. The Balaban J connectivity index is 2.03. The summed E-state index contributed by atoms with van der Waals surface area (Å²) in [5.41, 5.74) is -2.09. The van der Waals surface area contributed by atoms with Crippen LogP contribution in [0.25, 0.3) is 0 Å². The SMILES string of the molecule is O=C(O)C1(F)CCN(c2ncccn2)CC1. The average molecular weight is 225 g/mol. The molecule has 0 bridgehead atoms. The Morgan fingerprint density at radius 1 is 1.38 bits per heavy atom. The van der Waals surface area contributed by atoms with Crippen LogP contribution in [-0.2, 0) is 4.79 Å². The van der Waals surface area contributed by atoms with Crippen molar-refractivity contribution in [2.75, 3.05) is 18.0 Å². The van der Waals surface area contributed by atoms with Crippen molar-refractivity contribution in [2.45, 2.75) is 18.5 Å². The summed E-state index contributed by atoms with van der Waals surface area (Å²) in [6, 6.07) is 1.70. The molecule has 0 atom stereocenters. The lowest BCUT2D eigenvalue weighted by atomic mass is 9.94. The number of piperidine rings is 1. The second-order valence-corrected chi connectivity index (χ2v) is 3.81. The van der Waals surface area contributed by atoms with Crippen molar-refractivity contribution in [3.8, 4) is 0 Å². The summed E-state index contributed by atoms with van der Waals surface area (Å²) in [4.78, 5) is 20.6. The highest BCUT2D eigenvalue weighted by Gasteiger charge is 2.42. The largest absolute Gasteiger partial charge is 0.479 e. The fourth-order valence-electron chi connectivity index (χ4n) is 1.73. The van der Waals surface area contributed by atoms with Crippen molar-refractivity contribution >= 4 is 11.9 Å². The Bertz CT molecular complexity index is 377. The quantitative estimate of drug-likeness (QED) is 0.809. The molecule has 6 heteroatoms. The number of aliphatic carboxylic acids is 1. The van der Waals surface area contributed by atoms with E-state index in [1.165, 1.54) is 0 Å². The fraction of sp³-hybridized carbons (Fsp3) is 0.500. The van der Waals surface area contributed by atoms with Crippen molar-refractivity contribution in [3.05, 3.63) is 18.5 Å². The molecular weight excluding hydrogens is 213 g/mol. The van der Waals surface area contributed by atoms with Crippen LogP contribution >= 0.6 is 0 Å². The lowest BCUT2D eigenvalue weighted by Gasteiger charge is -2.33. The maximum absolute atomic E-state index is 13.7. The number of hydrogen-bond acceptors (Lipinski definition) is 4. The molecule has 2 heterocycles. The summed E-state index contributed by atoms with van der Waals surface area (Å²) in [5, 5.41) is 8.73. The van der Waals surface area contributed by atoms with Crippen LogP contribution in [-0.4, -0.2) is 39.8 Å². The van der Waals surface area contributed by atoms with Gasteiger partial charge in [0.25, 0.3) is 0 Å². The lowest BCUT2D eigenvalue weighted by Crippen LogP contribution is -2.46. The number of alkyl halides is 1. The minimum absolute atomic E-state index is 0.0272. The number of nitrogens with zero attached hydrogens (tertiary/aromatic N) is 3. The van der Waals surface area contributed by atoms with E-state index in [4.69, 9.17) is 5.11 Å². The van der Waals surface area contributed by atoms with E-state index in [-0.39, 0.29) is 12.8 Å². The van der Waals surface area contributed by atoms with Gasteiger partial charge in [-0.05, 0) is 6.07 Å². The standard InChI is InChI=1S/C10H12FN3O2/c11-10(8(15)16)2-6-14(7-3-10)9-12-4-1-5-13-9/h1,4-5H,2-3,6-7H2,(H,15,16). The number of hydrogen-bond donors (Lipinski definition) is 1. The summed E-state index contributed by atoms with van der Waals surface area (Å²) >= 11 is 0. The highest BCUT2D eigenvalue weighted by atomic mass is 19.1. The molecule has 2 rings (SSSR count). The monoisotopic (exact) mass is 225 g/mol. The molecule has 0 spiro atoms. The van der Waals surface area contributed by atoms with Crippen LogP contribution in [0.2, 0.25) is 0 Å². The Morgan fingerprint density at radius 2 is 1.94 bits per heavy atom. The van der Waals surface area contributed by atoms with Gasteiger partial charge >= 0.3 is 5.97 Å². The first kappa shape index (κ1) is 10.8. The number of rotatable bonds is 2. The van der Waals surface area contributed by atoms with E-state index < -0.39 is 11.6 Å². The molecule has 1 fully saturated rings. The van der Waals surface area contributed by atoms with Crippen molar-refractivity contribution < 1.29 is 14.3 Å². The zero-order valence-electron chi connectivity index (χ0n) is 8.64. The molecule has 0 amide bonds. The van der Waals surface area contributed by atoms with Crippen LogP contribution < -0.4 is 4.90 Å². The van der Waals surface area contributed by atoms with Crippen LogP contribution in [0.15, 0.2) is 18.5 Å². The van der Waals surface area contributed by atoms with Gasteiger partial charge in [-0.1, -0.05) is 0 Å². The highest BCUT2D eigenvalue weighted by molar-refractivity contribution is 5.77. The van der Waals surface area contributed by atoms with Crippen LogP contribution in [0.1, 0.15) is 12.8 Å². The smallest absolute Gasteiger partial charge is 0.341 e. The van der Waals surface area contributed by atoms with E-state index in [1.807, 2.05) is 0 Å². The van der Waals surface area contributed by atoms with E-state index in [0.29, 0.717) is 19.0 Å². The number of carboxylic acids is 1. The second-order valence-electron chi connectivity index (χ2n) is 3.81. The van der Waals surface area contributed by atoms with E-state index in [0.717, 1.165) is 0 Å². The van der Waals surface area contributed by atoms with Crippen molar-refractivity contribution in [3.63, 3.8) is 0 Å². The molecule has 86 valence electrons. The molecule has 0 aliphatic carbocycles. The van der Waals surface area contributed by atoms with Crippen molar-refractivity contribution in [2.24, 2.45) is 0 Å². The summed E-state index contributed by atoms with van der Waals surface area (Å²) in [7, 11) is 0. The molecule has 1 aliphatic rings. The van der Waals surface area contributed by atoms with Crippen molar-refractivity contribution in [1.82, 2.24) is 9.97 Å². The molecule has 1 aliphatic heterocycles. The van der Waals surface area contributed by atoms with Crippen LogP contribution in [0.5, 0.6) is 0 Å². The predicted octanol–water partition coefficient (Wildman–Crippen LogP) is 0.870. The third kappa shape index (κ3) is 1.95. The van der Waals surface area contributed by atoms with Gasteiger partial charge in [0, 0.05) is 38.3 Å². The maximum Gasteiger partial charge on any atom is 0.341 e. The Hall–Kier alpha value is -1.72. The summed E-state index contributed by atoms with van der Waals surface area (Å²) in [6.07, 6.45) is 3.16. The highest BCUT2D eigenvalue weighted by Crippen LogP contribution is 2.28. The molecule has 1 aromatic rings. The first-order chi connectivity index (χ1) is 7.62. The molecule has 0 radical (unpaired) electrons. The topological polar surface area (TPSA) is 66.3 Å². The summed E-state index contributed by atoms with van der Waals surface area (Å²) in [5.74, 6) is -0.851. The fourth-order valence-corrected chi connectivity index (χ4v) is 1.73. The summed E-state index contributed by atoms with van der Waals surface area (Å²) < 4.78 is 13.7. The van der Waals surface area contributed by atoms with E-state index in [9.17, 15) is 9.18 Å². The molecule has 5 nitrogen and oxygen atoms in total. The third-order valence-corrected chi connectivity index (χ3v) is 2.77. The Kier molecular flexibility index (Phi) is 2.72. The van der Waals surface area contributed by atoms with Gasteiger partial charge in [0.1, 0.15) is 0 Å². The zero-order valence-corrected chi connectivity index (χ0v) is 8.64. The third-order valence-electron chi connectivity index (χ3n) is 2.77. The van der Waals surface area contributed by atoms with E-state index in [2.05, 4.69) is 9.97 Å². The van der Waals surface area contributed by atoms with Crippen LogP contribution in [0.4, 0.5) is 10.3 Å². The minimum atomic E-state index is -2.09. The predicted molar refractivity (Wildman–Crippen MR) is 55.0 cm³/mol. The molecule has 1 aromatic heterocycles. The molecule has 16 heavy (non-hydrogen) atoms. The molecule has 1 saturated heterocycles. The van der Waals surface area contributed by atoms with Gasteiger partial charge in [-0.2, -0.15) is 0 Å². The first-order valence-corrected chi connectivity index (χ1v) is 5.06. The van der Waals surface area contributed by atoms with Gasteiger partial charge in [-0.3, -0.25) is 0 Å². The van der Waals surface area contributed by atoms with Gasteiger partial charge < -0.3 is 10.0 Å². The summed E-state index contributed by atoms with van der Waals surface area (Å²) in [6.45, 7) is 0.652. The van der Waals surface area contributed by atoms with Crippen molar-refractivity contribution in [1.29, 1.82) is 0 Å². The number of anilines is 1. The van der Waals surface area contributed by atoms with Gasteiger partial charge in [0.15, 0.2) is 0 Å².